The number of rotatable bonds is 45. The summed E-state index contributed by atoms with van der Waals surface area (Å²) in [7, 11) is 3.45. The number of aliphatic carboxylic acids is 5. The van der Waals surface area contributed by atoms with E-state index in [1.165, 1.54) is 36.7 Å². The molecule has 4 heterocycles. The van der Waals surface area contributed by atoms with Gasteiger partial charge in [0.25, 0.3) is 17.6 Å². The molecule has 0 aliphatic heterocycles. The smallest absolute Gasteiger partial charge is 0.374 e. The fourth-order valence-corrected chi connectivity index (χ4v) is 10.7. The Balaban J connectivity index is 0.989. The lowest BCUT2D eigenvalue weighted by Crippen LogP contribution is -2.54. The minimum absolute atomic E-state index is 0.0300. The highest BCUT2D eigenvalue weighted by molar-refractivity contribution is 7.80. The third-order valence-corrected chi connectivity index (χ3v) is 16.6. The van der Waals surface area contributed by atoms with Gasteiger partial charge in [0, 0.05) is 101 Å². The van der Waals surface area contributed by atoms with Gasteiger partial charge in [-0.2, -0.15) is 32.6 Å². The van der Waals surface area contributed by atoms with E-state index in [1.54, 1.807) is 48.2 Å². The van der Waals surface area contributed by atoms with Gasteiger partial charge in [-0.15, -0.1) is 0 Å². The zero-order valence-electron chi connectivity index (χ0n) is 59.3. The van der Waals surface area contributed by atoms with Crippen LogP contribution in [0, 0.1) is 0 Å². The molecule has 0 unspecified atom stereocenters. The molecule has 0 aliphatic rings. The standard InChI is InChI=1S/C66H83N23O20S/c1-88(29-34-27-74-55-50(76-34)53(67)84-65(69)86-55)36-10-6-32(7-11-36)57(101)79-41(16-20-48(96)97)62(106)81-39(14-18-46(92)93)59(103)72-25-22-44(90)71-24-4-3-5-38(61(105)83-43(31-110)52(100)64(108)109)78-45(91)23-26-73-60(104)40(15-19-47(94)95)82-63(107)42(17-21-49(98)99)80-58(102)33-8-12-37(13-9-33)89(2)30-35-28-75-56-51(77-35)54(68)85-66(70)87-56/h6-13,27-28,38-43,110H,3-5,14-26,29-31H2,1-2H3,(H,71,90)(H,72,103)(H,73,104)(H,78,91)(H,79,101)(H,80,102)(H,81,106)(H,82,107)(H,83,105)(H,92,93)(H,94,95)(H,96,97)(H,98,99)(H,108,109)(H4,67,69,74,84,86)(H4,68,70,75,85,87)/t38-,39-,40-,41-,42-,43-/m0/s1. The first-order valence-corrected chi connectivity index (χ1v) is 34.4. The molecule has 0 saturated carbocycles. The number of hydrogen-bond donors (Lipinski definition) is 19. The van der Waals surface area contributed by atoms with Crippen LogP contribution >= 0.6 is 12.6 Å². The molecule has 588 valence electrons. The summed E-state index contributed by atoms with van der Waals surface area (Å²) < 4.78 is 0. The molecular formula is C66H83N23O20S. The van der Waals surface area contributed by atoms with Crippen molar-refractivity contribution in [3.63, 3.8) is 0 Å². The number of nitrogens with zero attached hydrogens (tertiary/aromatic N) is 10. The van der Waals surface area contributed by atoms with Crippen molar-refractivity contribution in [1.29, 1.82) is 0 Å². The highest BCUT2D eigenvalue weighted by atomic mass is 32.1. The van der Waals surface area contributed by atoms with Crippen molar-refractivity contribution >= 4 is 159 Å². The van der Waals surface area contributed by atoms with Crippen molar-refractivity contribution in [3.05, 3.63) is 83.4 Å². The Labute approximate surface area is 629 Å². The van der Waals surface area contributed by atoms with Crippen LogP contribution in [-0.2, 0) is 75.4 Å². The monoisotopic (exact) mass is 1550 g/mol. The summed E-state index contributed by atoms with van der Waals surface area (Å²) >= 11 is 3.96. The molecule has 0 saturated heterocycles. The summed E-state index contributed by atoms with van der Waals surface area (Å²) in [5.74, 6) is -17.6. The van der Waals surface area contributed by atoms with E-state index in [1.807, 2.05) is 0 Å². The van der Waals surface area contributed by atoms with Gasteiger partial charge in [-0.25, -0.2) is 24.7 Å². The molecule has 22 N–H and O–H groups in total. The number of carbonyl (C=O) groups is 15. The summed E-state index contributed by atoms with van der Waals surface area (Å²) in [5.41, 5.74) is 26.3. The third-order valence-electron chi connectivity index (χ3n) is 16.3. The molecule has 43 nitrogen and oxygen atoms in total. The number of Topliss-reactive ketones (excluding diaryl/α,β-unsaturated/α-hetero) is 1. The molecular weight excluding hydrogens is 1470 g/mol. The summed E-state index contributed by atoms with van der Waals surface area (Å²) in [6.45, 7) is -0.511. The first-order chi connectivity index (χ1) is 52.2. The van der Waals surface area contributed by atoms with Crippen LogP contribution < -0.4 is 80.6 Å². The van der Waals surface area contributed by atoms with Crippen LogP contribution in [0.5, 0.6) is 0 Å². The highest BCUT2D eigenvalue weighted by Crippen LogP contribution is 2.22. The third kappa shape index (κ3) is 27.2. The van der Waals surface area contributed by atoms with E-state index in [2.05, 4.69) is 100 Å². The van der Waals surface area contributed by atoms with Crippen LogP contribution in [0.2, 0.25) is 0 Å². The fourth-order valence-electron chi connectivity index (χ4n) is 10.5. The average Bonchev–Trinajstić information content (AvgIpc) is 0.814. The number of hydrogen-bond acceptors (Lipinski definition) is 30. The SMILES string of the molecule is CN(Cc1cnc2nc(N)nc(N)c2n1)c1ccc(C(=O)N[C@@H](CCC(=O)O)C(=O)N[C@@H](CCC(=O)O)C(=O)NCCC(=O)NCCCC[C@H](NC(=O)CCNC(=O)[C@H](CCC(=O)O)NC(=O)[C@H](CCC(=O)O)NC(=O)c2ccc(N(C)Cc3cnc4nc(N)nc(N)c4n3)cc2)C(=O)N[C@@H](CS)C(=O)C(=O)O)cc1. The fraction of sp³-hybridized carbons (Fsp3) is 0.409. The van der Waals surface area contributed by atoms with Gasteiger partial charge in [0.1, 0.15) is 36.3 Å². The Bertz CT molecular complexity index is 4410. The zero-order valence-corrected chi connectivity index (χ0v) is 60.2. The number of carboxylic acid groups (broad SMARTS) is 5. The van der Waals surface area contributed by atoms with Gasteiger partial charge in [-0.1, -0.05) is 0 Å². The normalized spacial score (nSPS) is 12.6. The second-order valence-corrected chi connectivity index (χ2v) is 25.0. The number of fused-ring (bicyclic) bond motifs is 2. The Morgan fingerprint density at radius 1 is 0.409 bits per heavy atom. The van der Waals surface area contributed by atoms with E-state index in [0.29, 0.717) is 22.8 Å². The molecule has 2 aromatic carbocycles. The number of unbranched alkanes of at least 4 members (excludes halogenated alkanes) is 1. The number of amides is 9. The second-order valence-electron chi connectivity index (χ2n) is 24.7. The topological polar surface area (TPSA) is 679 Å². The number of ketones is 1. The predicted octanol–water partition coefficient (Wildman–Crippen LogP) is -3.07. The highest BCUT2D eigenvalue weighted by Gasteiger charge is 2.33. The van der Waals surface area contributed by atoms with Gasteiger partial charge >= 0.3 is 29.8 Å². The molecule has 4 aromatic heterocycles. The molecule has 0 spiro atoms. The Hall–Kier alpha value is -13.3. The van der Waals surface area contributed by atoms with Gasteiger partial charge in [-0.3, -0.25) is 67.1 Å². The average molecular weight is 1550 g/mol. The van der Waals surface area contributed by atoms with Gasteiger partial charge in [0.05, 0.1) is 36.9 Å². The van der Waals surface area contributed by atoms with Crippen LogP contribution in [0.3, 0.4) is 0 Å². The Kier molecular flexibility index (Phi) is 32.3. The molecule has 0 fully saturated rings. The molecule has 110 heavy (non-hydrogen) atoms. The number of carboxylic acids is 5. The number of nitrogen functional groups attached to an aromatic ring is 4. The molecule has 6 rings (SSSR count). The van der Waals surface area contributed by atoms with Crippen LogP contribution in [0.25, 0.3) is 22.3 Å². The van der Waals surface area contributed by atoms with Crippen molar-refractivity contribution in [3.8, 4) is 0 Å². The van der Waals surface area contributed by atoms with E-state index >= 15 is 0 Å². The van der Waals surface area contributed by atoms with Crippen LogP contribution in [-0.4, -0.2) is 230 Å². The Morgan fingerprint density at radius 3 is 1.15 bits per heavy atom. The Morgan fingerprint density at radius 2 is 0.773 bits per heavy atom. The molecule has 0 bridgehead atoms. The summed E-state index contributed by atoms with van der Waals surface area (Å²) in [6, 6.07) is 2.55. The largest absolute Gasteiger partial charge is 0.481 e. The van der Waals surface area contributed by atoms with Crippen molar-refractivity contribution < 1.29 is 97.5 Å². The summed E-state index contributed by atoms with van der Waals surface area (Å²) in [6.07, 6.45) is -2.56. The number of anilines is 6. The maximum absolute atomic E-state index is 13.8. The maximum Gasteiger partial charge on any atom is 0.374 e. The lowest BCUT2D eigenvalue weighted by Gasteiger charge is -2.23. The number of carbonyl (C=O) groups excluding carboxylic acids is 10. The number of nitrogens with two attached hydrogens (primary N) is 4. The number of thiol groups is 1. The van der Waals surface area contributed by atoms with E-state index in [9.17, 15) is 97.5 Å². The van der Waals surface area contributed by atoms with Crippen molar-refractivity contribution in [1.82, 2.24) is 87.7 Å². The van der Waals surface area contributed by atoms with Crippen LogP contribution in [0.15, 0.2) is 60.9 Å². The quantitative estimate of drug-likeness (QED) is 0.0102. The molecule has 9 amide bonds. The first-order valence-electron chi connectivity index (χ1n) is 33.8. The summed E-state index contributed by atoms with van der Waals surface area (Å²) in [4.78, 5) is 229. The molecule has 44 heteroatoms. The lowest BCUT2D eigenvalue weighted by atomic mass is 10.1. The zero-order chi connectivity index (χ0) is 80.9. The van der Waals surface area contributed by atoms with Gasteiger partial charge in [0.15, 0.2) is 34.0 Å². The van der Waals surface area contributed by atoms with E-state index in [0.717, 1.165) is 0 Å². The maximum atomic E-state index is 13.8. The molecule has 6 atom stereocenters. The van der Waals surface area contributed by atoms with Gasteiger partial charge in [-0.05, 0) is 93.5 Å². The van der Waals surface area contributed by atoms with Gasteiger partial charge < -0.3 is 106 Å². The van der Waals surface area contributed by atoms with Crippen LogP contribution in [0.4, 0.5) is 34.9 Å². The minimum atomic E-state index is -1.90. The molecule has 6 aromatic rings. The summed E-state index contributed by atoms with van der Waals surface area (Å²) in [5, 5.41) is 69.0. The van der Waals surface area contributed by atoms with E-state index in [-0.39, 0.29) is 109 Å². The van der Waals surface area contributed by atoms with Crippen LogP contribution in [0.1, 0.15) is 116 Å². The van der Waals surface area contributed by atoms with Gasteiger partial charge in [0.2, 0.25) is 53.2 Å². The minimum Gasteiger partial charge on any atom is -0.481 e. The molecule has 0 aliphatic carbocycles. The second kappa shape index (κ2) is 41.5. The van der Waals surface area contributed by atoms with E-state index in [4.69, 9.17) is 22.9 Å². The number of benzene rings is 2. The van der Waals surface area contributed by atoms with Crippen molar-refractivity contribution in [2.45, 2.75) is 133 Å². The first kappa shape index (κ1) is 85.6. The number of nitrogens with one attached hydrogen (secondary N) is 9. The van der Waals surface area contributed by atoms with E-state index < -0.39 is 195 Å². The lowest BCUT2D eigenvalue weighted by molar-refractivity contribution is -0.150. The predicted molar refractivity (Wildman–Crippen MR) is 391 cm³/mol. The number of aromatic nitrogens is 8. The van der Waals surface area contributed by atoms with Crippen molar-refractivity contribution in [2.75, 3.05) is 72.2 Å². The molecule has 0 radical (unpaired) electrons. The van der Waals surface area contributed by atoms with Crippen molar-refractivity contribution in [2.24, 2.45) is 0 Å².